The van der Waals surface area contributed by atoms with Gasteiger partial charge >= 0.3 is 5.97 Å². The third kappa shape index (κ3) is 4.21. The van der Waals surface area contributed by atoms with Crippen LogP contribution in [0.1, 0.15) is 33.8 Å². The summed E-state index contributed by atoms with van der Waals surface area (Å²) in [5.74, 6) is -0.439. The molecule has 1 heterocycles. The third-order valence-corrected chi connectivity index (χ3v) is 5.26. The first kappa shape index (κ1) is 17.9. The van der Waals surface area contributed by atoms with Crippen LogP contribution < -0.4 is 0 Å². The van der Waals surface area contributed by atoms with Crippen molar-refractivity contribution in [3.05, 3.63) is 70.2 Å². The number of carbonyl (C=O) groups is 1. The van der Waals surface area contributed by atoms with Crippen LogP contribution in [0.3, 0.4) is 0 Å². The Morgan fingerprint density at radius 2 is 1.96 bits per heavy atom. The fraction of sp³-hybridized carbons (Fsp3) is 0.350. The Hall–Kier alpha value is -1.88. The molecule has 0 amide bonds. The summed E-state index contributed by atoms with van der Waals surface area (Å²) in [6.07, 6.45) is 0.996. The van der Waals surface area contributed by atoms with Crippen molar-refractivity contribution in [1.82, 2.24) is 4.90 Å². The van der Waals surface area contributed by atoms with Gasteiger partial charge in [-0.15, -0.1) is 0 Å². The summed E-state index contributed by atoms with van der Waals surface area (Å²) in [6.45, 7) is 2.62. The van der Waals surface area contributed by atoms with Gasteiger partial charge in [-0.3, -0.25) is 4.90 Å². The quantitative estimate of drug-likeness (QED) is 0.855. The zero-order chi connectivity index (χ0) is 17.8. The highest BCUT2D eigenvalue weighted by Gasteiger charge is 2.29. The Morgan fingerprint density at radius 3 is 2.60 bits per heavy atom. The van der Waals surface area contributed by atoms with Crippen LogP contribution in [-0.4, -0.2) is 40.8 Å². The Labute approximate surface area is 152 Å². The summed E-state index contributed by atoms with van der Waals surface area (Å²) in [5.41, 5.74) is 2.40. The molecular formula is C20H22ClNO3. The zero-order valence-corrected chi connectivity index (χ0v) is 14.7. The van der Waals surface area contributed by atoms with Gasteiger partial charge in [-0.05, 0) is 42.1 Å². The number of aliphatic hydroxyl groups is 1. The molecule has 2 N–H and O–H groups in total. The number of nitrogens with zero attached hydrogens (tertiary/aromatic N) is 1. The predicted octanol–water partition coefficient (Wildman–Crippen LogP) is 3.64. The lowest BCUT2D eigenvalue weighted by Gasteiger charge is -2.38. The van der Waals surface area contributed by atoms with E-state index in [9.17, 15) is 9.90 Å². The normalized spacial score (nSPS) is 21.2. The molecule has 1 aliphatic rings. The topological polar surface area (TPSA) is 60.8 Å². The highest BCUT2D eigenvalue weighted by atomic mass is 35.5. The highest BCUT2D eigenvalue weighted by Crippen LogP contribution is 2.33. The van der Waals surface area contributed by atoms with Crippen molar-refractivity contribution in [2.45, 2.75) is 18.9 Å². The van der Waals surface area contributed by atoms with Gasteiger partial charge in [0.25, 0.3) is 0 Å². The number of aromatic carboxylic acids is 1. The van der Waals surface area contributed by atoms with Gasteiger partial charge in [0, 0.05) is 25.6 Å². The smallest absolute Gasteiger partial charge is 0.337 e. The number of likely N-dealkylation sites (tertiary alicyclic amines) is 1. The second-order valence-corrected chi connectivity index (χ2v) is 7.01. The maximum Gasteiger partial charge on any atom is 0.337 e. The number of benzene rings is 2. The number of hydrogen-bond donors (Lipinski definition) is 2. The van der Waals surface area contributed by atoms with Gasteiger partial charge in [0.1, 0.15) is 0 Å². The summed E-state index contributed by atoms with van der Waals surface area (Å²) in [7, 11) is 0. The van der Waals surface area contributed by atoms with Crippen molar-refractivity contribution in [2.75, 3.05) is 19.7 Å². The summed E-state index contributed by atoms with van der Waals surface area (Å²) in [5, 5.41) is 19.2. The van der Waals surface area contributed by atoms with Crippen molar-refractivity contribution in [3.63, 3.8) is 0 Å². The Bertz CT molecular complexity index is 735. The van der Waals surface area contributed by atoms with E-state index in [1.165, 1.54) is 5.56 Å². The van der Waals surface area contributed by atoms with Gasteiger partial charge < -0.3 is 10.2 Å². The van der Waals surface area contributed by atoms with Crippen molar-refractivity contribution < 1.29 is 15.0 Å². The van der Waals surface area contributed by atoms with Gasteiger partial charge in [-0.25, -0.2) is 4.79 Å². The molecule has 2 aromatic rings. The summed E-state index contributed by atoms with van der Waals surface area (Å²) in [6, 6.07) is 15.5. The summed E-state index contributed by atoms with van der Waals surface area (Å²) >= 11 is 6.06. The summed E-state index contributed by atoms with van der Waals surface area (Å²) < 4.78 is 0. The molecular weight excluding hydrogens is 338 g/mol. The van der Waals surface area contributed by atoms with Crippen LogP contribution in [-0.2, 0) is 6.54 Å². The molecule has 132 valence electrons. The molecule has 0 aromatic heterocycles. The zero-order valence-electron chi connectivity index (χ0n) is 13.9. The minimum atomic E-state index is -1.01. The molecule has 0 aliphatic carbocycles. The first-order valence-electron chi connectivity index (χ1n) is 8.48. The van der Waals surface area contributed by atoms with Crippen molar-refractivity contribution in [3.8, 4) is 0 Å². The molecule has 0 saturated carbocycles. The molecule has 0 spiro atoms. The van der Waals surface area contributed by atoms with E-state index in [0.717, 1.165) is 25.1 Å². The maximum absolute atomic E-state index is 11.1. The number of rotatable bonds is 5. The number of aliphatic hydroxyl groups excluding tert-OH is 1. The molecule has 1 aliphatic heterocycles. The van der Waals surface area contributed by atoms with E-state index in [1.54, 1.807) is 12.1 Å². The van der Waals surface area contributed by atoms with E-state index >= 15 is 0 Å². The van der Waals surface area contributed by atoms with E-state index in [1.807, 2.05) is 24.3 Å². The molecule has 0 unspecified atom stereocenters. The van der Waals surface area contributed by atoms with E-state index in [2.05, 4.69) is 17.0 Å². The Balaban J connectivity index is 1.68. The lowest BCUT2D eigenvalue weighted by molar-refractivity contribution is 0.0697. The lowest BCUT2D eigenvalue weighted by Crippen LogP contribution is -2.40. The molecule has 4 nitrogen and oxygen atoms in total. The second-order valence-electron chi connectivity index (χ2n) is 6.60. The molecule has 5 heteroatoms. The largest absolute Gasteiger partial charge is 0.478 e. The van der Waals surface area contributed by atoms with Gasteiger partial charge in [-0.1, -0.05) is 48.0 Å². The standard InChI is InChI=1S/C20H22ClNO3/c21-19-10-14(6-7-18(19)20(24)25)11-22-9-8-17(16(12-22)13-23)15-4-2-1-3-5-15/h1-7,10,16-17,23H,8-9,11-13H2,(H,24,25)/t16-,17+/m0/s1. The number of hydrogen-bond acceptors (Lipinski definition) is 3. The fourth-order valence-corrected chi connectivity index (χ4v) is 3.95. The Kier molecular flexibility index (Phi) is 5.74. The van der Waals surface area contributed by atoms with Gasteiger partial charge in [-0.2, -0.15) is 0 Å². The first-order valence-corrected chi connectivity index (χ1v) is 8.86. The van der Waals surface area contributed by atoms with E-state index < -0.39 is 5.97 Å². The van der Waals surface area contributed by atoms with Crippen LogP contribution in [0, 0.1) is 5.92 Å². The van der Waals surface area contributed by atoms with Gasteiger partial charge in [0.15, 0.2) is 0 Å². The van der Waals surface area contributed by atoms with Crippen LogP contribution in [0.25, 0.3) is 0 Å². The molecule has 3 rings (SSSR count). The number of carboxylic acid groups (broad SMARTS) is 1. The molecule has 2 aromatic carbocycles. The van der Waals surface area contributed by atoms with Gasteiger partial charge in [0.2, 0.25) is 0 Å². The van der Waals surface area contributed by atoms with Crippen LogP contribution >= 0.6 is 11.6 Å². The molecule has 2 atom stereocenters. The minimum absolute atomic E-state index is 0.126. The minimum Gasteiger partial charge on any atom is -0.478 e. The number of carboxylic acids is 1. The van der Waals surface area contributed by atoms with E-state index in [0.29, 0.717) is 12.5 Å². The van der Waals surface area contributed by atoms with Crippen molar-refractivity contribution >= 4 is 17.6 Å². The summed E-state index contributed by atoms with van der Waals surface area (Å²) in [4.78, 5) is 13.4. The molecule has 0 bridgehead atoms. The van der Waals surface area contributed by atoms with E-state index in [-0.39, 0.29) is 23.1 Å². The number of halogens is 1. The maximum atomic E-state index is 11.1. The third-order valence-electron chi connectivity index (χ3n) is 4.95. The molecule has 1 saturated heterocycles. The van der Waals surface area contributed by atoms with E-state index in [4.69, 9.17) is 16.7 Å². The van der Waals surface area contributed by atoms with Crippen molar-refractivity contribution in [2.24, 2.45) is 5.92 Å². The van der Waals surface area contributed by atoms with Crippen LogP contribution in [0.5, 0.6) is 0 Å². The average Bonchev–Trinajstić information content (AvgIpc) is 2.62. The SMILES string of the molecule is O=C(O)c1ccc(CN2CC[C@H](c3ccccc3)[C@H](CO)C2)cc1Cl. The van der Waals surface area contributed by atoms with Crippen LogP contribution in [0.4, 0.5) is 0 Å². The average molecular weight is 360 g/mol. The molecule has 1 fully saturated rings. The molecule has 25 heavy (non-hydrogen) atoms. The van der Waals surface area contributed by atoms with Crippen molar-refractivity contribution in [1.29, 1.82) is 0 Å². The predicted molar refractivity (Wildman–Crippen MR) is 98.1 cm³/mol. The van der Waals surface area contributed by atoms with Crippen LogP contribution in [0.2, 0.25) is 5.02 Å². The molecule has 0 radical (unpaired) electrons. The van der Waals surface area contributed by atoms with Gasteiger partial charge in [0.05, 0.1) is 10.6 Å². The Morgan fingerprint density at radius 1 is 1.20 bits per heavy atom. The number of piperidine rings is 1. The van der Waals surface area contributed by atoms with Crippen LogP contribution in [0.15, 0.2) is 48.5 Å². The highest BCUT2D eigenvalue weighted by molar-refractivity contribution is 6.33. The monoisotopic (exact) mass is 359 g/mol. The lowest BCUT2D eigenvalue weighted by atomic mass is 9.81. The fourth-order valence-electron chi connectivity index (χ4n) is 3.66. The first-order chi connectivity index (χ1) is 12.1. The second kappa shape index (κ2) is 8.00.